The quantitative estimate of drug-likeness (QED) is 0.166. The Morgan fingerprint density at radius 1 is 0.273 bits per heavy atom. The molecule has 0 amide bonds. The van der Waals surface area contributed by atoms with Gasteiger partial charge in [-0.3, -0.25) is 0 Å². The van der Waals surface area contributed by atoms with Gasteiger partial charge in [-0.05, 0) is 160 Å². The first-order valence-electron chi connectivity index (χ1n) is 33.5. The SMILES string of the molecule is C1CCOC1.C1CCOC1.C1CCOC1.C1CCOC1.C1CCOC1.C1CCOC1.Cc1cc(C)c([B-]2(c3c(C)cc(C)cc3C)c3ccccc3C3=C[C@H]4C(=C[C@H]32)c2ccccc2[B-]4(c2c(C)cc(C)cc2C)c2c(C)cc(C)cc2C)c(C)c1.[K+].[K+]. The van der Waals surface area contributed by atoms with Crippen molar-refractivity contribution in [1.29, 1.82) is 0 Å². The van der Waals surface area contributed by atoms with Gasteiger partial charge in [0.1, 0.15) is 0 Å². The van der Waals surface area contributed by atoms with Crippen LogP contribution in [0.4, 0.5) is 0 Å². The Balaban J connectivity index is 0.000000277. The second kappa shape index (κ2) is 35.5. The number of benzene rings is 6. The normalized spacial score (nSPS) is 20.0. The number of allylic oxidation sites excluding steroid dienone is 4. The van der Waals surface area contributed by atoms with E-state index in [0.29, 0.717) is 0 Å². The molecule has 0 N–H and O–H groups in total. The molecule has 8 aliphatic heterocycles. The minimum Gasteiger partial charge on any atom is -0.381 e. The summed E-state index contributed by atoms with van der Waals surface area (Å²) < 4.78 is 29.7. The van der Waals surface area contributed by atoms with Gasteiger partial charge in [0.05, 0.1) is 12.3 Å². The molecule has 6 saturated heterocycles. The van der Waals surface area contributed by atoms with Gasteiger partial charge in [0.2, 0.25) is 0 Å². The van der Waals surface area contributed by atoms with Crippen molar-refractivity contribution in [2.45, 2.75) is 172 Å². The Labute approximate surface area is 617 Å². The number of fused-ring (bicyclic) bond motifs is 6. The van der Waals surface area contributed by atoms with E-state index in [1.165, 1.54) is 199 Å². The predicted octanol–water partition coefficient (Wildman–Crippen LogP) is 8.37. The minimum atomic E-state index is -1.47. The Morgan fingerprint density at radius 2 is 0.455 bits per heavy atom. The fourth-order valence-electron chi connectivity index (χ4n) is 17.2. The van der Waals surface area contributed by atoms with E-state index in [9.17, 15) is 0 Å². The summed E-state index contributed by atoms with van der Waals surface area (Å²) in [5.74, 6) is 0.359. The average Bonchev–Trinajstić information content (AvgIpc) is 1.59. The molecule has 8 heterocycles. The summed E-state index contributed by atoms with van der Waals surface area (Å²) in [5, 5.41) is 0. The van der Waals surface area contributed by atoms with Gasteiger partial charge in [-0.2, -0.15) is 32.8 Å². The van der Waals surface area contributed by atoms with E-state index < -0.39 is 12.3 Å². The van der Waals surface area contributed by atoms with Gasteiger partial charge < -0.3 is 28.4 Å². The van der Waals surface area contributed by atoms with Crippen LogP contribution in [0.15, 0.2) is 109 Å². The zero-order chi connectivity index (χ0) is 60.8. The van der Waals surface area contributed by atoms with Crippen molar-refractivity contribution in [3.8, 4) is 0 Å². The Hall–Kier alpha value is -2.04. The van der Waals surface area contributed by atoms with Gasteiger partial charge >= 0.3 is 103 Å². The molecule has 6 aromatic carbocycles. The minimum absolute atomic E-state index is 0. The summed E-state index contributed by atoms with van der Waals surface area (Å²) in [6, 6.07) is 38.6. The van der Waals surface area contributed by atoms with Crippen molar-refractivity contribution in [2.24, 2.45) is 0 Å². The summed E-state index contributed by atoms with van der Waals surface area (Å²) in [6.45, 7) is 40.1. The molecule has 88 heavy (non-hydrogen) atoms. The van der Waals surface area contributed by atoms with Crippen molar-refractivity contribution in [3.05, 3.63) is 187 Å². The fraction of sp³-hybridized carbons (Fsp3) is 0.487. The number of hydrogen-bond acceptors (Lipinski definition) is 6. The summed E-state index contributed by atoms with van der Waals surface area (Å²) in [6.07, 6.45) is 18.0. The van der Waals surface area contributed by atoms with Crippen LogP contribution in [0.2, 0.25) is 11.6 Å². The van der Waals surface area contributed by atoms with Crippen LogP contribution >= 0.6 is 0 Å². The maximum absolute atomic E-state index is 4.94. The van der Waals surface area contributed by atoms with Gasteiger partial charge in [-0.15, -0.1) is 23.8 Å². The van der Waals surface area contributed by atoms with E-state index in [-0.39, 0.29) is 114 Å². The topological polar surface area (TPSA) is 55.4 Å². The zero-order valence-electron chi connectivity index (χ0n) is 57.1. The molecular formula is C78H104B2K2O6. The maximum atomic E-state index is 4.94. The second-order valence-corrected chi connectivity index (χ2v) is 26.5. The first-order valence-corrected chi connectivity index (χ1v) is 33.5. The third kappa shape index (κ3) is 16.7. The van der Waals surface area contributed by atoms with Crippen LogP contribution < -0.4 is 136 Å². The van der Waals surface area contributed by atoms with Gasteiger partial charge in [-0.1, -0.05) is 186 Å². The summed E-state index contributed by atoms with van der Waals surface area (Å²) in [4.78, 5) is 0. The predicted molar refractivity (Wildman–Crippen MR) is 369 cm³/mol. The standard InChI is InChI=1S/C54H56B2.6C4H8O.2K/c1-31-21-35(5)51(36(6)22-31)55(52-37(7)23-32(2)24-38(52)8)47-19-15-13-17-43(47)45-30-50-46(29-49(45)55)44-18-14-16-20-48(44)56(50,53-39(9)25-33(3)26-40(53)10)54-41(11)27-34(4)28-42(54)12;6*1-2-4-5-3-1;;/h13-30,49-50H,1-12H3;6*1-4H2;;/q-2;;;;;;;2*+1/t49-,50+;;;;;;;;. The van der Waals surface area contributed by atoms with Gasteiger partial charge in [-0.25, -0.2) is 0 Å². The summed E-state index contributed by atoms with van der Waals surface area (Å²) in [7, 11) is 0. The molecule has 9 aliphatic rings. The van der Waals surface area contributed by atoms with Crippen molar-refractivity contribution >= 4 is 56.2 Å². The Morgan fingerprint density at radius 3 is 0.625 bits per heavy atom. The molecule has 460 valence electrons. The van der Waals surface area contributed by atoms with Gasteiger partial charge in [0, 0.05) is 79.3 Å². The van der Waals surface area contributed by atoms with E-state index in [4.69, 9.17) is 28.4 Å². The molecule has 0 aromatic heterocycles. The van der Waals surface area contributed by atoms with E-state index in [1.807, 2.05) is 0 Å². The second-order valence-electron chi connectivity index (χ2n) is 26.5. The maximum Gasteiger partial charge on any atom is 1.00 e. The van der Waals surface area contributed by atoms with Crippen molar-refractivity contribution in [2.75, 3.05) is 79.3 Å². The number of aryl methyl sites for hydroxylation is 12. The molecule has 0 bridgehead atoms. The molecule has 1 aliphatic carbocycles. The molecule has 6 aromatic rings. The number of hydrogen-bond donors (Lipinski definition) is 0. The largest absolute Gasteiger partial charge is 1.00 e. The third-order valence-corrected chi connectivity index (χ3v) is 19.8. The average molecular weight is 1240 g/mol. The van der Waals surface area contributed by atoms with E-state index in [1.54, 1.807) is 0 Å². The van der Waals surface area contributed by atoms with Crippen LogP contribution in [0.1, 0.15) is 155 Å². The van der Waals surface area contributed by atoms with Crippen LogP contribution in [-0.2, 0) is 28.4 Å². The monoisotopic (exact) mass is 1240 g/mol. The molecule has 6 fully saturated rings. The van der Waals surface area contributed by atoms with Crippen molar-refractivity contribution in [1.82, 2.24) is 0 Å². The van der Waals surface area contributed by atoms with E-state index in [0.717, 1.165) is 79.3 Å². The molecule has 0 saturated carbocycles. The van der Waals surface area contributed by atoms with E-state index in [2.05, 4.69) is 192 Å². The van der Waals surface area contributed by atoms with Crippen molar-refractivity contribution in [3.63, 3.8) is 0 Å². The molecule has 10 heteroatoms. The molecule has 15 rings (SSSR count). The van der Waals surface area contributed by atoms with E-state index >= 15 is 0 Å². The first kappa shape index (κ1) is 73.4. The number of ether oxygens (including phenoxy) is 6. The van der Waals surface area contributed by atoms with Crippen LogP contribution in [0, 0.1) is 83.1 Å². The third-order valence-electron chi connectivity index (χ3n) is 19.8. The first-order chi connectivity index (χ1) is 41.7. The molecule has 6 nitrogen and oxygen atoms in total. The van der Waals surface area contributed by atoms with Crippen LogP contribution in [-0.4, -0.2) is 91.6 Å². The molecule has 0 spiro atoms. The Kier molecular flexibility index (Phi) is 29.6. The Bertz CT molecular complexity index is 2780. The van der Waals surface area contributed by atoms with Crippen LogP contribution in [0.25, 0.3) is 11.1 Å². The number of rotatable bonds is 4. The summed E-state index contributed by atoms with van der Waals surface area (Å²) >= 11 is 0. The van der Waals surface area contributed by atoms with Crippen LogP contribution in [0.3, 0.4) is 0 Å². The fourth-order valence-corrected chi connectivity index (χ4v) is 17.2. The van der Waals surface area contributed by atoms with Crippen LogP contribution in [0.5, 0.6) is 0 Å². The molecular weight excluding hydrogens is 1130 g/mol. The van der Waals surface area contributed by atoms with Crippen molar-refractivity contribution < 1.29 is 131 Å². The zero-order valence-corrected chi connectivity index (χ0v) is 63.4. The molecule has 0 radical (unpaired) electrons. The smallest absolute Gasteiger partial charge is 0.381 e. The molecule has 2 atom stereocenters. The summed E-state index contributed by atoms with van der Waals surface area (Å²) in [5.41, 5.74) is 31.6. The molecule has 0 unspecified atom stereocenters. The van der Waals surface area contributed by atoms with Gasteiger partial charge in [0.15, 0.2) is 0 Å². The van der Waals surface area contributed by atoms with Gasteiger partial charge in [0.25, 0.3) is 0 Å².